The normalized spacial score (nSPS) is 12.2. The summed E-state index contributed by atoms with van der Waals surface area (Å²) in [5.41, 5.74) is 1.94. The Morgan fingerprint density at radius 2 is 2.05 bits per heavy atom. The molecule has 20 heavy (non-hydrogen) atoms. The molecule has 2 aromatic rings. The summed E-state index contributed by atoms with van der Waals surface area (Å²) >= 11 is 0. The molecule has 0 fully saturated rings. The maximum atomic E-state index is 12.1. The molecule has 4 heteroatoms. The van der Waals surface area contributed by atoms with Crippen molar-refractivity contribution < 1.29 is 9.53 Å². The second kappa shape index (κ2) is 6.37. The summed E-state index contributed by atoms with van der Waals surface area (Å²) in [5, 5.41) is 0. The van der Waals surface area contributed by atoms with Crippen molar-refractivity contribution in [1.82, 2.24) is 9.55 Å². The van der Waals surface area contributed by atoms with Crippen molar-refractivity contribution >= 4 is 5.97 Å². The average molecular weight is 272 g/mol. The highest BCUT2D eigenvalue weighted by Crippen LogP contribution is 2.21. The topological polar surface area (TPSA) is 44.1 Å². The molecule has 0 aliphatic carbocycles. The van der Waals surface area contributed by atoms with E-state index in [1.807, 2.05) is 48.0 Å². The Balaban J connectivity index is 2.31. The molecule has 0 radical (unpaired) electrons. The number of rotatable bonds is 5. The van der Waals surface area contributed by atoms with Gasteiger partial charge in [-0.25, -0.2) is 4.98 Å². The Morgan fingerprint density at radius 3 is 2.65 bits per heavy atom. The number of methoxy groups -OCH3 is 1. The number of imidazole rings is 1. The average Bonchev–Trinajstić information content (AvgIpc) is 2.84. The molecule has 2 rings (SSSR count). The number of aryl methyl sites for hydroxylation is 2. The van der Waals surface area contributed by atoms with Gasteiger partial charge in [0.25, 0.3) is 0 Å². The molecule has 1 unspecified atom stereocenters. The third kappa shape index (κ3) is 3.07. The molecule has 0 spiro atoms. The number of carbonyl (C=O) groups excluding carboxylic acids is 1. The lowest BCUT2D eigenvalue weighted by Crippen LogP contribution is -2.20. The minimum absolute atomic E-state index is 0.218. The SMILES string of the molecule is CCc1nc(C)cn1CC(C(=O)OC)c1ccccc1. The summed E-state index contributed by atoms with van der Waals surface area (Å²) < 4.78 is 6.99. The van der Waals surface area contributed by atoms with Gasteiger partial charge in [-0.2, -0.15) is 0 Å². The van der Waals surface area contributed by atoms with E-state index in [1.165, 1.54) is 7.11 Å². The van der Waals surface area contributed by atoms with Gasteiger partial charge in [-0.15, -0.1) is 0 Å². The minimum Gasteiger partial charge on any atom is -0.468 e. The van der Waals surface area contributed by atoms with E-state index in [2.05, 4.69) is 11.9 Å². The summed E-state index contributed by atoms with van der Waals surface area (Å²) in [7, 11) is 1.43. The van der Waals surface area contributed by atoms with E-state index in [9.17, 15) is 4.79 Å². The van der Waals surface area contributed by atoms with Crippen molar-refractivity contribution in [3.8, 4) is 0 Å². The van der Waals surface area contributed by atoms with Crippen LogP contribution in [0.2, 0.25) is 0 Å². The van der Waals surface area contributed by atoms with E-state index in [1.54, 1.807) is 0 Å². The Kier molecular flexibility index (Phi) is 4.56. The predicted octanol–water partition coefficient (Wildman–Crippen LogP) is 2.71. The molecule has 106 valence electrons. The number of hydrogen-bond acceptors (Lipinski definition) is 3. The van der Waals surface area contributed by atoms with Crippen molar-refractivity contribution in [1.29, 1.82) is 0 Å². The summed E-state index contributed by atoms with van der Waals surface area (Å²) in [5.74, 6) is 0.469. The van der Waals surface area contributed by atoms with E-state index >= 15 is 0 Å². The molecule has 0 bridgehead atoms. The van der Waals surface area contributed by atoms with Crippen molar-refractivity contribution in [2.24, 2.45) is 0 Å². The molecule has 0 saturated heterocycles. The number of benzene rings is 1. The molecule has 1 aromatic carbocycles. The Labute approximate surface area is 119 Å². The summed E-state index contributed by atoms with van der Waals surface area (Å²) in [4.78, 5) is 16.5. The first-order chi connectivity index (χ1) is 9.65. The van der Waals surface area contributed by atoms with Gasteiger partial charge in [0.2, 0.25) is 0 Å². The van der Waals surface area contributed by atoms with Crippen molar-refractivity contribution in [2.75, 3.05) is 7.11 Å². The summed E-state index contributed by atoms with van der Waals surface area (Å²) in [6.45, 7) is 4.58. The van der Waals surface area contributed by atoms with Crippen molar-refractivity contribution in [3.05, 3.63) is 53.6 Å². The third-order valence-electron chi connectivity index (χ3n) is 3.36. The summed E-state index contributed by atoms with van der Waals surface area (Å²) in [6, 6.07) is 9.72. The minimum atomic E-state index is -0.305. The standard InChI is InChI=1S/C16H20N2O2/c1-4-15-17-12(2)10-18(15)11-14(16(19)20-3)13-8-6-5-7-9-13/h5-10,14H,4,11H2,1-3H3. The molecule has 0 aliphatic heterocycles. The maximum Gasteiger partial charge on any atom is 0.314 e. The maximum absolute atomic E-state index is 12.1. The van der Waals surface area contributed by atoms with Gasteiger partial charge in [-0.1, -0.05) is 37.3 Å². The van der Waals surface area contributed by atoms with Crippen LogP contribution in [0.15, 0.2) is 36.5 Å². The van der Waals surface area contributed by atoms with E-state index in [4.69, 9.17) is 4.74 Å². The van der Waals surface area contributed by atoms with Gasteiger partial charge in [0.05, 0.1) is 18.7 Å². The molecular formula is C16H20N2O2. The molecule has 0 N–H and O–H groups in total. The first-order valence-corrected chi connectivity index (χ1v) is 6.81. The highest BCUT2D eigenvalue weighted by molar-refractivity contribution is 5.77. The van der Waals surface area contributed by atoms with Gasteiger partial charge in [0.1, 0.15) is 5.82 Å². The van der Waals surface area contributed by atoms with Gasteiger partial charge in [0, 0.05) is 19.2 Å². The first kappa shape index (κ1) is 14.3. The number of ether oxygens (including phenoxy) is 1. The Bertz CT molecular complexity index is 575. The molecule has 0 aliphatic rings. The number of nitrogens with zero attached hydrogens (tertiary/aromatic N) is 2. The molecule has 1 aromatic heterocycles. The fraction of sp³-hybridized carbons (Fsp3) is 0.375. The van der Waals surface area contributed by atoms with Crippen LogP contribution >= 0.6 is 0 Å². The van der Waals surface area contributed by atoms with Gasteiger partial charge in [-0.3, -0.25) is 4.79 Å². The van der Waals surface area contributed by atoms with Crippen LogP contribution < -0.4 is 0 Å². The summed E-state index contributed by atoms with van der Waals surface area (Å²) in [6.07, 6.45) is 2.83. The first-order valence-electron chi connectivity index (χ1n) is 6.81. The van der Waals surface area contributed by atoms with Crippen LogP contribution in [-0.4, -0.2) is 22.6 Å². The van der Waals surface area contributed by atoms with Crippen LogP contribution in [0, 0.1) is 6.92 Å². The van der Waals surface area contributed by atoms with Crippen LogP contribution in [0.4, 0.5) is 0 Å². The number of hydrogen-bond donors (Lipinski definition) is 0. The number of aromatic nitrogens is 2. The lowest BCUT2D eigenvalue weighted by Gasteiger charge is -2.17. The van der Waals surface area contributed by atoms with Crippen LogP contribution in [0.3, 0.4) is 0 Å². The Morgan fingerprint density at radius 1 is 1.35 bits per heavy atom. The third-order valence-corrected chi connectivity index (χ3v) is 3.36. The van der Waals surface area contributed by atoms with Gasteiger partial charge >= 0.3 is 5.97 Å². The lowest BCUT2D eigenvalue weighted by molar-refractivity contribution is -0.142. The van der Waals surface area contributed by atoms with Gasteiger partial charge in [-0.05, 0) is 12.5 Å². The van der Waals surface area contributed by atoms with Crippen LogP contribution in [0.5, 0.6) is 0 Å². The molecule has 0 amide bonds. The van der Waals surface area contributed by atoms with E-state index in [-0.39, 0.29) is 11.9 Å². The number of esters is 1. The highest BCUT2D eigenvalue weighted by Gasteiger charge is 2.22. The van der Waals surface area contributed by atoms with Crippen molar-refractivity contribution in [2.45, 2.75) is 32.7 Å². The molecule has 0 saturated carbocycles. The van der Waals surface area contributed by atoms with Crippen LogP contribution in [0.25, 0.3) is 0 Å². The van der Waals surface area contributed by atoms with E-state index < -0.39 is 0 Å². The molecule has 4 nitrogen and oxygen atoms in total. The fourth-order valence-electron chi connectivity index (χ4n) is 2.38. The molecule has 1 heterocycles. The van der Waals surface area contributed by atoms with E-state index in [0.717, 1.165) is 23.5 Å². The zero-order valence-electron chi connectivity index (χ0n) is 12.2. The van der Waals surface area contributed by atoms with Crippen LogP contribution in [-0.2, 0) is 22.5 Å². The number of carbonyl (C=O) groups is 1. The van der Waals surface area contributed by atoms with Gasteiger partial charge < -0.3 is 9.30 Å². The van der Waals surface area contributed by atoms with Crippen molar-refractivity contribution in [3.63, 3.8) is 0 Å². The largest absolute Gasteiger partial charge is 0.468 e. The monoisotopic (exact) mass is 272 g/mol. The lowest BCUT2D eigenvalue weighted by atomic mass is 9.99. The molecule has 1 atom stereocenters. The molecular weight excluding hydrogens is 252 g/mol. The second-order valence-electron chi connectivity index (χ2n) is 4.79. The van der Waals surface area contributed by atoms with E-state index in [0.29, 0.717) is 6.54 Å². The fourth-order valence-corrected chi connectivity index (χ4v) is 2.38. The van der Waals surface area contributed by atoms with Crippen LogP contribution in [0.1, 0.15) is 29.9 Å². The smallest absolute Gasteiger partial charge is 0.314 e. The predicted molar refractivity (Wildman–Crippen MR) is 77.5 cm³/mol. The second-order valence-corrected chi connectivity index (χ2v) is 4.79. The Hall–Kier alpha value is -2.10. The van der Waals surface area contributed by atoms with Gasteiger partial charge in [0.15, 0.2) is 0 Å². The quantitative estimate of drug-likeness (QED) is 0.786. The zero-order valence-corrected chi connectivity index (χ0v) is 12.2. The highest BCUT2D eigenvalue weighted by atomic mass is 16.5. The zero-order chi connectivity index (χ0) is 14.5.